The van der Waals surface area contributed by atoms with E-state index < -0.39 is 0 Å². The first-order valence-corrected chi connectivity index (χ1v) is 5.86. The molecule has 2 rings (SSSR count). The van der Waals surface area contributed by atoms with E-state index in [1.54, 1.807) is 7.11 Å². The van der Waals surface area contributed by atoms with Gasteiger partial charge in [0.25, 0.3) is 0 Å². The van der Waals surface area contributed by atoms with Gasteiger partial charge in [-0.2, -0.15) is 0 Å². The summed E-state index contributed by atoms with van der Waals surface area (Å²) in [6.07, 6.45) is 2.46. The third-order valence-corrected chi connectivity index (χ3v) is 3.04. The molecule has 0 bridgehead atoms. The van der Waals surface area contributed by atoms with Crippen molar-refractivity contribution in [3.63, 3.8) is 0 Å². The van der Waals surface area contributed by atoms with Crippen LogP contribution in [0, 0.1) is 0 Å². The number of halogens is 1. The van der Waals surface area contributed by atoms with Gasteiger partial charge in [-0.3, -0.25) is 0 Å². The summed E-state index contributed by atoms with van der Waals surface area (Å²) in [5, 5.41) is 0. The van der Waals surface area contributed by atoms with Gasteiger partial charge in [-0.15, -0.1) is 24.0 Å². The molecule has 0 heterocycles. The number of hydrogen-bond acceptors (Lipinski definition) is 2. The van der Waals surface area contributed by atoms with E-state index >= 15 is 0 Å². The molecular weight excluding hydrogens is 341 g/mol. The summed E-state index contributed by atoms with van der Waals surface area (Å²) in [6, 6.07) is 8.49. The number of benzene rings is 1. The molecule has 5 heteroatoms. The van der Waals surface area contributed by atoms with Gasteiger partial charge in [-0.1, -0.05) is 12.1 Å². The van der Waals surface area contributed by atoms with Crippen LogP contribution in [-0.2, 0) is 6.54 Å². The van der Waals surface area contributed by atoms with Gasteiger partial charge < -0.3 is 15.4 Å². The number of nitrogens with zero attached hydrogens (tertiary/aromatic N) is 2. The molecule has 0 saturated heterocycles. The normalized spacial score (nSPS) is 14.9. The van der Waals surface area contributed by atoms with Crippen LogP contribution in [-0.4, -0.2) is 31.1 Å². The zero-order valence-corrected chi connectivity index (χ0v) is 13.1. The van der Waals surface area contributed by atoms with Crippen molar-refractivity contribution in [1.82, 2.24) is 4.90 Å². The lowest BCUT2D eigenvalue weighted by molar-refractivity contribution is 0.414. The topological polar surface area (TPSA) is 50.9 Å². The van der Waals surface area contributed by atoms with E-state index in [4.69, 9.17) is 10.5 Å². The van der Waals surface area contributed by atoms with Crippen LogP contribution in [0.3, 0.4) is 0 Å². The van der Waals surface area contributed by atoms with E-state index in [1.165, 1.54) is 12.8 Å². The largest absolute Gasteiger partial charge is 0.497 e. The molecule has 2 N–H and O–H groups in total. The maximum absolute atomic E-state index is 5.91. The van der Waals surface area contributed by atoms with Crippen molar-refractivity contribution in [2.75, 3.05) is 14.2 Å². The summed E-state index contributed by atoms with van der Waals surface area (Å²) in [5.41, 5.74) is 7.05. The molecule has 0 aliphatic heterocycles. The predicted octanol–water partition coefficient (Wildman–Crippen LogP) is 2.22. The first-order valence-electron chi connectivity index (χ1n) is 5.86. The van der Waals surface area contributed by atoms with Crippen molar-refractivity contribution in [2.45, 2.75) is 25.4 Å². The van der Waals surface area contributed by atoms with Crippen molar-refractivity contribution >= 4 is 29.9 Å². The predicted molar refractivity (Wildman–Crippen MR) is 84.5 cm³/mol. The minimum Gasteiger partial charge on any atom is -0.497 e. The highest BCUT2D eigenvalue weighted by atomic mass is 127. The zero-order valence-electron chi connectivity index (χ0n) is 10.8. The maximum Gasteiger partial charge on any atom is 0.191 e. The fourth-order valence-corrected chi connectivity index (χ4v) is 1.66. The number of rotatable bonds is 4. The molecule has 0 radical (unpaired) electrons. The van der Waals surface area contributed by atoms with Crippen LogP contribution in [0.15, 0.2) is 29.3 Å². The van der Waals surface area contributed by atoms with E-state index in [2.05, 4.69) is 9.89 Å². The van der Waals surface area contributed by atoms with Gasteiger partial charge in [0.05, 0.1) is 13.7 Å². The molecule has 1 aromatic carbocycles. The molecule has 1 aliphatic rings. The summed E-state index contributed by atoms with van der Waals surface area (Å²) in [5.74, 6) is 1.49. The summed E-state index contributed by atoms with van der Waals surface area (Å²) < 4.78 is 5.10. The Morgan fingerprint density at radius 1 is 1.39 bits per heavy atom. The molecule has 0 spiro atoms. The molecule has 18 heavy (non-hydrogen) atoms. The number of ether oxygens (including phenoxy) is 1. The number of aliphatic imine (C=N–C) groups is 1. The fraction of sp³-hybridized carbons (Fsp3) is 0.462. The molecule has 0 amide bonds. The van der Waals surface area contributed by atoms with Crippen molar-refractivity contribution in [3.8, 4) is 5.75 Å². The standard InChI is InChI=1S/C13H19N3O.HI/c1-16(11-5-6-11)13(14)15-9-10-3-7-12(17-2)8-4-10;/h3-4,7-8,11H,5-6,9H2,1-2H3,(H2,14,15);1H. The van der Waals surface area contributed by atoms with Crippen LogP contribution in [0.25, 0.3) is 0 Å². The molecule has 1 fully saturated rings. The quantitative estimate of drug-likeness (QED) is 0.508. The zero-order chi connectivity index (χ0) is 12.3. The third-order valence-electron chi connectivity index (χ3n) is 3.04. The van der Waals surface area contributed by atoms with Crippen LogP contribution in [0.1, 0.15) is 18.4 Å². The van der Waals surface area contributed by atoms with Gasteiger partial charge in [0.1, 0.15) is 5.75 Å². The van der Waals surface area contributed by atoms with Gasteiger partial charge in [0.15, 0.2) is 5.96 Å². The lowest BCUT2D eigenvalue weighted by atomic mass is 10.2. The molecule has 0 aromatic heterocycles. The highest BCUT2D eigenvalue weighted by Gasteiger charge is 2.27. The number of guanidine groups is 1. The Labute approximate surface area is 125 Å². The Kier molecular flexibility index (Phi) is 5.71. The molecule has 1 aliphatic carbocycles. The molecule has 1 aromatic rings. The fourth-order valence-electron chi connectivity index (χ4n) is 1.66. The summed E-state index contributed by atoms with van der Waals surface area (Å²) in [4.78, 5) is 6.45. The van der Waals surface area contributed by atoms with Crippen LogP contribution in [0.4, 0.5) is 0 Å². The van der Waals surface area contributed by atoms with E-state index in [0.717, 1.165) is 11.3 Å². The average molecular weight is 361 g/mol. The van der Waals surface area contributed by atoms with Gasteiger partial charge in [-0.05, 0) is 30.5 Å². The van der Waals surface area contributed by atoms with Crippen molar-refractivity contribution in [1.29, 1.82) is 0 Å². The Morgan fingerprint density at radius 2 is 2.00 bits per heavy atom. The molecule has 100 valence electrons. The number of hydrogen-bond donors (Lipinski definition) is 1. The first kappa shape index (κ1) is 15.1. The first-order chi connectivity index (χ1) is 8.20. The van der Waals surface area contributed by atoms with E-state index in [9.17, 15) is 0 Å². The van der Waals surface area contributed by atoms with E-state index in [-0.39, 0.29) is 24.0 Å². The van der Waals surface area contributed by atoms with Crippen LogP contribution in [0.5, 0.6) is 5.75 Å². The minimum absolute atomic E-state index is 0. The SMILES string of the molecule is COc1ccc(CN=C(N)N(C)C2CC2)cc1.I. The summed E-state index contributed by atoms with van der Waals surface area (Å²) in [7, 11) is 3.67. The highest BCUT2D eigenvalue weighted by Crippen LogP contribution is 2.24. The van der Waals surface area contributed by atoms with Crippen molar-refractivity contribution < 1.29 is 4.74 Å². The Morgan fingerprint density at radius 3 is 2.50 bits per heavy atom. The van der Waals surface area contributed by atoms with Crippen molar-refractivity contribution in [2.24, 2.45) is 10.7 Å². The van der Waals surface area contributed by atoms with E-state index in [0.29, 0.717) is 18.5 Å². The average Bonchev–Trinajstić information content (AvgIpc) is 3.20. The monoisotopic (exact) mass is 361 g/mol. The van der Waals surface area contributed by atoms with Gasteiger partial charge in [-0.25, -0.2) is 4.99 Å². The smallest absolute Gasteiger partial charge is 0.191 e. The Balaban J connectivity index is 0.00000162. The number of nitrogens with two attached hydrogens (primary N) is 1. The van der Waals surface area contributed by atoms with E-state index in [1.807, 2.05) is 31.3 Å². The second-order valence-corrected chi connectivity index (χ2v) is 4.36. The molecule has 0 atom stereocenters. The lowest BCUT2D eigenvalue weighted by Gasteiger charge is -2.16. The second kappa shape index (κ2) is 6.82. The molecular formula is C13H20IN3O. The lowest BCUT2D eigenvalue weighted by Crippen LogP contribution is -2.35. The maximum atomic E-state index is 5.91. The highest BCUT2D eigenvalue weighted by molar-refractivity contribution is 14.0. The summed E-state index contributed by atoms with van der Waals surface area (Å²) >= 11 is 0. The molecule has 1 saturated carbocycles. The second-order valence-electron chi connectivity index (χ2n) is 4.36. The minimum atomic E-state index is 0. The van der Waals surface area contributed by atoms with Crippen LogP contribution >= 0.6 is 24.0 Å². The van der Waals surface area contributed by atoms with Crippen molar-refractivity contribution in [3.05, 3.63) is 29.8 Å². The van der Waals surface area contributed by atoms with Crippen LogP contribution in [0.2, 0.25) is 0 Å². The molecule has 4 nitrogen and oxygen atoms in total. The Hall–Kier alpha value is -0.980. The summed E-state index contributed by atoms with van der Waals surface area (Å²) in [6.45, 7) is 0.618. The van der Waals surface area contributed by atoms with Crippen LogP contribution < -0.4 is 10.5 Å². The van der Waals surface area contributed by atoms with Gasteiger partial charge in [0, 0.05) is 13.1 Å². The third kappa shape index (κ3) is 4.04. The molecule has 0 unspecified atom stereocenters. The van der Waals surface area contributed by atoms with Gasteiger partial charge >= 0.3 is 0 Å². The number of methoxy groups -OCH3 is 1. The van der Waals surface area contributed by atoms with Gasteiger partial charge in [0.2, 0.25) is 0 Å². The Bertz CT molecular complexity index is 401.